The first kappa shape index (κ1) is 30.4. The molecule has 234 valence electrons. The molecule has 3 amide bonds. The van der Waals surface area contributed by atoms with Gasteiger partial charge in [0.1, 0.15) is 18.1 Å². The van der Waals surface area contributed by atoms with Gasteiger partial charge in [0.15, 0.2) is 0 Å². The molecule has 0 saturated carbocycles. The van der Waals surface area contributed by atoms with Crippen LogP contribution >= 0.6 is 0 Å². The molecule has 0 aromatic heterocycles. The lowest BCUT2D eigenvalue weighted by Gasteiger charge is -2.47. The third-order valence-electron chi connectivity index (χ3n) is 8.33. The number of amides is 3. The fourth-order valence-corrected chi connectivity index (χ4v) is 7.51. The number of hydrogen-bond donors (Lipinski definition) is 3. The minimum Gasteiger partial charge on any atom is -0.434 e. The maximum Gasteiger partial charge on any atom is 0.310 e. The number of carbonyl (C=O) groups excluding carboxylic acids is 4. The van der Waals surface area contributed by atoms with Crippen LogP contribution in [-0.2, 0) is 29.1 Å². The molecule has 3 aliphatic rings. The summed E-state index contributed by atoms with van der Waals surface area (Å²) in [6.07, 6.45) is 2.12. The van der Waals surface area contributed by atoms with Crippen molar-refractivity contribution in [1.29, 1.82) is 0 Å². The summed E-state index contributed by atoms with van der Waals surface area (Å²) in [5, 5.41) is 17.3. The summed E-state index contributed by atoms with van der Waals surface area (Å²) in [5.41, 5.74) is 0.358. The molecule has 3 N–H and O–H groups in total. The molecule has 5 atom stereocenters. The number of rotatable bonds is 6. The maximum absolute atomic E-state index is 14.2. The summed E-state index contributed by atoms with van der Waals surface area (Å²) in [6, 6.07) is 16.4. The maximum atomic E-state index is 14.2. The molecule has 2 fully saturated rings. The Balaban J connectivity index is 1.30. The van der Waals surface area contributed by atoms with Gasteiger partial charge in [0.25, 0.3) is 5.91 Å². The van der Waals surface area contributed by atoms with Gasteiger partial charge in [0, 0.05) is 24.7 Å². The number of cyclic esters (lactones) is 1. The molecule has 3 aliphatic heterocycles. The molecule has 3 aromatic rings. The summed E-state index contributed by atoms with van der Waals surface area (Å²) in [6.45, 7) is -0.464. The number of aliphatic hydroxyl groups excluding tert-OH is 1. The Morgan fingerprint density at radius 1 is 0.867 bits per heavy atom. The third kappa shape index (κ3) is 6.19. The zero-order valence-electron chi connectivity index (χ0n) is 24.1. The van der Waals surface area contributed by atoms with Gasteiger partial charge in [-0.2, -0.15) is 4.31 Å². The van der Waals surface area contributed by atoms with Gasteiger partial charge in [0.2, 0.25) is 28.1 Å². The van der Waals surface area contributed by atoms with Crippen LogP contribution in [0.2, 0.25) is 0 Å². The normalized spacial score (nSPS) is 26.3. The molecule has 3 heterocycles. The van der Waals surface area contributed by atoms with E-state index < -0.39 is 64.2 Å². The van der Waals surface area contributed by atoms with Crippen LogP contribution in [0.3, 0.4) is 0 Å². The number of carbonyl (C=O) groups is 4. The summed E-state index contributed by atoms with van der Waals surface area (Å²) < 4.78 is 33.3. The van der Waals surface area contributed by atoms with Crippen LogP contribution in [0.1, 0.15) is 29.6 Å². The quantitative estimate of drug-likeness (QED) is 0.271. The highest BCUT2D eigenvalue weighted by Gasteiger charge is 2.47. The van der Waals surface area contributed by atoms with E-state index in [1.54, 1.807) is 42.5 Å². The van der Waals surface area contributed by atoms with Crippen LogP contribution in [0.5, 0.6) is 0 Å². The topological polar surface area (TPSA) is 162 Å². The monoisotopic (exact) mass is 632 g/mol. The number of piperazine rings is 1. The number of nitrogens with one attached hydrogen (secondary N) is 2. The average molecular weight is 633 g/mol. The van der Waals surface area contributed by atoms with Gasteiger partial charge < -0.3 is 25.4 Å². The van der Waals surface area contributed by atoms with E-state index in [9.17, 15) is 32.7 Å². The van der Waals surface area contributed by atoms with Crippen LogP contribution in [0.25, 0.3) is 10.8 Å². The van der Waals surface area contributed by atoms with Gasteiger partial charge in [-0.05, 0) is 47.9 Å². The smallest absolute Gasteiger partial charge is 0.310 e. The molecule has 12 nitrogen and oxygen atoms in total. The summed E-state index contributed by atoms with van der Waals surface area (Å²) in [5.74, 6) is -2.48. The predicted octanol–water partition coefficient (Wildman–Crippen LogP) is 1.31. The Kier molecular flexibility index (Phi) is 8.40. The Hall–Kier alpha value is -4.59. The second-order valence-corrected chi connectivity index (χ2v) is 13.2. The lowest BCUT2D eigenvalue weighted by molar-refractivity contribution is -0.156. The van der Waals surface area contributed by atoms with Gasteiger partial charge in [-0.25, -0.2) is 8.42 Å². The van der Waals surface area contributed by atoms with Crippen molar-refractivity contribution in [3.63, 3.8) is 0 Å². The summed E-state index contributed by atoms with van der Waals surface area (Å²) >= 11 is 0. The Morgan fingerprint density at radius 3 is 2.31 bits per heavy atom. The molecule has 45 heavy (non-hydrogen) atoms. The average Bonchev–Trinajstić information content (AvgIpc) is 3.36. The number of esters is 1. The predicted molar refractivity (Wildman–Crippen MR) is 162 cm³/mol. The lowest BCUT2D eigenvalue weighted by atomic mass is 9.97. The molecule has 0 spiro atoms. The molecular formula is C32H32N4O8S. The van der Waals surface area contributed by atoms with Crippen LogP contribution in [0, 0.1) is 0 Å². The first-order valence-electron chi connectivity index (χ1n) is 14.6. The molecule has 2 unspecified atom stereocenters. The van der Waals surface area contributed by atoms with E-state index in [2.05, 4.69) is 10.6 Å². The minimum atomic E-state index is -4.06. The van der Waals surface area contributed by atoms with E-state index in [1.165, 1.54) is 21.3 Å². The Labute approximate surface area is 259 Å². The van der Waals surface area contributed by atoms with E-state index in [0.717, 1.165) is 10.8 Å². The highest BCUT2D eigenvalue weighted by molar-refractivity contribution is 7.89. The second-order valence-electron chi connectivity index (χ2n) is 11.3. The van der Waals surface area contributed by atoms with Gasteiger partial charge in [-0.3, -0.25) is 19.2 Å². The van der Waals surface area contributed by atoms with Crippen molar-refractivity contribution < 1.29 is 37.4 Å². The van der Waals surface area contributed by atoms with E-state index in [1.807, 2.05) is 30.3 Å². The number of benzene rings is 3. The fourth-order valence-electron chi connectivity index (χ4n) is 6.01. The van der Waals surface area contributed by atoms with Crippen molar-refractivity contribution >= 4 is 44.5 Å². The zero-order chi connectivity index (χ0) is 31.7. The van der Waals surface area contributed by atoms with Gasteiger partial charge >= 0.3 is 5.97 Å². The lowest BCUT2D eigenvalue weighted by Crippen LogP contribution is -2.68. The van der Waals surface area contributed by atoms with Gasteiger partial charge in [-0.15, -0.1) is 0 Å². The zero-order valence-corrected chi connectivity index (χ0v) is 24.9. The van der Waals surface area contributed by atoms with Crippen LogP contribution in [0.15, 0.2) is 89.8 Å². The Morgan fingerprint density at radius 2 is 1.58 bits per heavy atom. The largest absolute Gasteiger partial charge is 0.434 e. The first-order chi connectivity index (χ1) is 21.6. The number of sulfonamides is 1. The van der Waals surface area contributed by atoms with Gasteiger partial charge in [0.05, 0.1) is 11.3 Å². The fraction of sp³-hybridized carbons (Fsp3) is 0.312. The number of ether oxygens (including phenoxy) is 1. The van der Waals surface area contributed by atoms with Crippen LogP contribution in [-0.4, -0.2) is 90.0 Å². The van der Waals surface area contributed by atoms with Crippen molar-refractivity contribution in [2.75, 3.05) is 13.1 Å². The van der Waals surface area contributed by atoms with Gasteiger partial charge in [-0.1, -0.05) is 60.7 Å². The van der Waals surface area contributed by atoms with Crippen LogP contribution < -0.4 is 10.6 Å². The molecule has 0 aliphatic carbocycles. The second kappa shape index (κ2) is 12.4. The van der Waals surface area contributed by atoms with E-state index in [0.29, 0.717) is 5.56 Å². The SMILES string of the molecule is O=C1CC(NC(=O)[C@@H]2CN(S(=O)(=O)c3ccccc3)C[C@@H]3C/C=C\C[C@H](NC(=O)c4ccc5ccccc5c4)C(=O)N32)C(O)O1. The molecular weight excluding hydrogens is 600 g/mol. The van der Waals surface area contributed by atoms with Crippen molar-refractivity contribution in [1.82, 2.24) is 19.8 Å². The number of nitrogens with zero attached hydrogens (tertiary/aromatic N) is 2. The van der Waals surface area contributed by atoms with Crippen molar-refractivity contribution in [2.24, 2.45) is 0 Å². The van der Waals surface area contributed by atoms with E-state index in [4.69, 9.17) is 4.74 Å². The summed E-state index contributed by atoms with van der Waals surface area (Å²) in [7, 11) is -4.06. The molecule has 0 bridgehead atoms. The molecule has 6 rings (SSSR count). The standard InChI is InChI=1S/C32H32N4O8S/c37-28-17-26(32(41)44-28)34-30(39)27-19-35(45(42,43)24-11-2-1-3-12-24)18-23-10-6-7-13-25(31(40)36(23)27)33-29(38)22-15-14-20-8-4-5-9-21(20)16-22/h1-9,11-12,14-16,23,25-27,32,41H,10,13,17-19H2,(H,33,38)(H,34,39)/b7-6-/t23-,25-,26?,27-,32?/m0/s1. The van der Waals surface area contributed by atoms with E-state index in [-0.39, 0.29) is 37.2 Å². The number of hydrogen-bond acceptors (Lipinski definition) is 8. The molecule has 2 saturated heterocycles. The number of fused-ring (bicyclic) bond motifs is 2. The highest BCUT2D eigenvalue weighted by atomic mass is 32.2. The van der Waals surface area contributed by atoms with Crippen molar-refractivity contribution in [2.45, 2.75) is 54.6 Å². The Bertz CT molecular complexity index is 1780. The minimum absolute atomic E-state index is 0.0380. The molecule has 3 aromatic carbocycles. The van der Waals surface area contributed by atoms with Crippen LogP contribution in [0.4, 0.5) is 0 Å². The van der Waals surface area contributed by atoms with Crippen molar-refractivity contribution in [3.05, 3.63) is 90.5 Å². The summed E-state index contributed by atoms with van der Waals surface area (Å²) in [4.78, 5) is 54.5. The number of aliphatic hydroxyl groups is 1. The first-order valence-corrected chi connectivity index (χ1v) is 16.1. The third-order valence-corrected chi connectivity index (χ3v) is 10.2. The van der Waals surface area contributed by atoms with E-state index >= 15 is 0 Å². The molecule has 13 heteroatoms. The molecule has 0 radical (unpaired) electrons. The highest BCUT2D eigenvalue weighted by Crippen LogP contribution is 2.28. The van der Waals surface area contributed by atoms with Crippen molar-refractivity contribution in [3.8, 4) is 0 Å².